The van der Waals surface area contributed by atoms with Crippen molar-refractivity contribution >= 4 is 5.78 Å². The summed E-state index contributed by atoms with van der Waals surface area (Å²) in [6.07, 6.45) is 8.22. The second-order valence-corrected chi connectivity index (χ2v) is 6.57. The molecule has 25 heavy (non-hydrogen) atoms. The lowest BCUT2D eigenvalue weighted by Gasteiger charge is -2.18. The van der Waals surface area contributed by atoms with Gasteiger partial charge in [-0.25, -0.2) is 0 Å². The Morgan fingerprint density at radius 2 is 1.64 bits per heavy atom. The van der Waals surface area contributed by atoms with Crippen LogP contribution in [-0.4, -0.2) is 25.0 Å². The van der Waals surface area contributed by atoms with E-state index in [9.17, 15) is 9.59 Å². The fourth-order valence-electron chi connectivity index (χ4n) is 3.24. The first kappa shape index (κ1) is 21.3. The van der Waals surface area contributed by atoms with Gasteiger partial charge in [-0.3, -0.25) is 14.6 Å². The Balaban J connectivity index is 3.12. The zero-order valence-corrected chi connectivity index (χ0v) is 16.4. The van der Waals surface area contributed by atoms with Crippen LogP contribution in [0.2, 0.25) is 0 Å². The molecule has 0 aliphatic carbocycles. The van der Waals surface area contributed by atoms with Crippen molar-refractivity contribution in [1.29, 1.82) is 0 Å². The summed E-state index contributed by atoms with van der Waals surface area (Å²) in [5, 5.41) is 0. The molecule has 0 spiro atoms. The van der Waals surface area contributed by atoms with Gasteiger partial charge in [0, 0.05) is 11.5 Å². The number of rotatable bonds is 12. The summed E-state index contributed by atoms with van der Waals surface area (Å²) in [4.78, 5) is 28.2. The highest BCUT2D eigenvalue weighted by molar-refractivity contribution is 5.99. The van der Waals surface area contributed by atoms with Crippen molar-refractivity contribution in [1.82, 2.24) is 4.98 Å². The van der Waals surface area contributed by atoms with Crippen LogP contribution in [0.5, 0.6) is 11.6 Å². The van der Waals surface area contributed by atoms with E-state index in [0.717, 1.165) is 38.5 Å². The smallest absolute Gasteiger partial charge is 0.262 e. The fourth-order valence-corrected chi connectivity index (χ4v) is 3.24. The predicted octanol–water partition coefficient (Wildman–Crippen LogP) is 4.66. The number of aromatic nitrogens is 1. The van der Waals surface area contributed by atoms with Crippen LogP contribution in [0, 0.1) is 12.8 Å². The van der Waals surface area contributed by atoms with Gasteiger partial charge < -0.3 is 9.47 Å². The molecule has 0 aliphatic heterocycles. The third kappa shape index (κ3) is 5.62. The molecule has 5 heteroatoms. The SMILES string of the molecule is CCCCCCC(CCCC)C(=O)c1c(C)c(OC)c(OC)[nH]c1=O. The van der Waals surface area contributed by atoms with Crippen LogP contribution in [-0.2, 0) is 0 Å². The Morgan fingerprint density at radius 1 is 1.00 bits per heavy atom. The summed E-state index contributed by atoms with van der Waals surface area (Å²) in [6.45, 7) is 6.04. The van der Waals surface area contributed by atoms with Gasteiger partial charge in [-0.2, -0.15) is 0 Å². The predicted molar refractivity (Wildman–Crippen MR) is 101 cm³/mol. The van der Waals surface area contributed by atoms with Gasteiger partial charge in [0.1, 0.15) is 0 Å². The molecule has 0 radical (unpaired) electrons. The summed E-state index contributed by atoms with van der Waals surface area (Å²) in [5.74, 6) is 0.514. The molecule has 1 atom stereocenters. The maximum Gasteiger partial charge on any atom is 0.262 e. The topological polar surface area (TPSA) is 68.4 Å². The minimum Gasteiger partial charge on any atom is -0.491 e. The Labute approximate surface area is 151 Å². The van der Waals surface area contributed by atoms with Gasteiger partial charge in [0.25, 0.3) is 5.56 Å². The van der Waals surface area contributed by atoms with E-state index in [2.05, 4.69) is 18.8 Å². The van der Waals surface area contributed by atoms with E-state index in [-0.39, 0.29) is 23.1 Å². The minimum absolute atomic E-state index is 0.0651. The number of nitrogens with one attached hydrogen (secondary N) is 1. The molecule has 1 heterocycles. The quantitative estimate of drug-likeness (QED) is 0.439. The van der Waals surface area contributed by atoms with Crippen molar-refractivity contribution in [3.8, 4) is 11.6 Å². The van der Waals surface area contributed by atoms with Crippen LogP contribution < -0.4 is 15.0 Å². The van der Waals surface area contributed by atoms with Gasteiger partial charge in [-0.05, 0) is 19.8 Å². The van der Waals surface area contributed by atoms with Crippen molar-refractivity contribution in [3.63, 3.8) is 0 Å². The molecule has 0 saturated heterocycles. The van der Waals surface area contributed by atoms with E-state index in [4.69, 9.17) is 9.47 Å². The molecule has 1 rings (SSSR count). The largest absolute Gasteiger partial charge is 0.491 e. The van der Waals surface area contributed by atoms with Gasteiger partial charge in [-0.15, -0.1) is 0 Å². The van der Waals surface area contributed by atoms with Crippen molar-refractivity contribution in [2.75, 3.05) is 14.2 Å². The fraction of sp³-hybridized carbons (Fsp3) is 0.700. The second-order valence-electron chi connectivity index (χ2n) is 6.57. The molecular formula is C20H33NO4. The molecular weight excluding hydrogens is 318 g/mol. The lowest BCUT2D eigenvalue weighted by Crippen LogP contribution is -2.26. The maximum absolute atomic E-state index is 13.1. The summed E-state index contributed by atoms with van der Waals surface area (Å²) in [5.41, 5.74) is 0.382. The number of ketones is 1. The first-order valence-electron chi connectivity index (χ1n) is 9.40. The molecule has 0 fully saturated rings. The monoisotopic (exact) mass is 351 g/mol. The number of unbranched alkanes of at least 4 members (excludes halogenated alkanes) is 4. The number of carbonyl (C=O) groups excluding carboxylic acids is 1. The molecule has 1 unspecified atom stereocenters. The Hall–Kier alpha value is -1.78. The minimum atomic E-state index is -0.393. The lowest BCUT2D eigenvalue weighted by molar-refractivity contribution is 0.0899. The Morgan fingerprint density at radius 3 is 2.20 bits per heavy atom. The first-order valence-corrected chi connectivity index (χ1v) is 9.40. The van der Waals surface area contributed by atoms with Gasteiger partial charge in [0.05, 0.1) is 19.8 Å². The highest BCUT2D eigenvalue weighted by Gasteiger charge is 2.26. The third-order valence-corrected chi connectivity index (χ3v) is 4.71. The number of pyridine rings is 1. The molecule has 1 N–H and O–H groups in total. The summed E-state index contributed by atoms with van der Waals surface area (Å²) in [6, 6.07) is 0. The van der Waals surface area contributed by atoms with Crippen LogP contribution in [0.4, 0.5) is 0 Å². The van der Waals surface area contributed by atoms with Crippen LogP contribution in [0.15, 0.2) is 4.79 Å². The van der Waals surface area contributed by atoms with E-state index >= 15 is 0 Å². The molecule has 1 aromatic heterocycles. The molecule has 0 aromatic carbocycles. The summed E-state index contributed by atoms with van der Waals surface area (Å²) in [7, 11) is 2.98. The highest BCUT2D eigenvalue weighted by atomic mass is 16.5. The van der Waals surface area contributed by atoms with Gasteiger partial charge in [0.2, 0.25) is 5.88 Å². The normalized spacial score (nSPS) is 12.0. The summed E-state index contributed by atoms with van der Waals surface area (Å²) < 4.78 is 10.5. The molecule has 0 amide bonds. The number of hydrogen-bond donors (Lipinski definition) is 1. The molecule has 0 saturated carbocycles. The Bertz CT molecular complexity index is 606. The standard InChI is InChI=1S/C20H33NO4/c1-6-8-10-11-13-15(12-9-7-2)17(22)16-14(3)18(24-4)20(25-5)21-19(16)23/h15H,6-13H2,1-5H3,(H,21,23). The van der Waals surface area contributed by atoms with E-state index in [1.165, 1.54) is 27.1 Å². The molecule has 0 aliphatic rings. The van der Waals surface area contributed by atoms with Crippen LogP contribution in [0.25, 0.3) is 0 Å². The zero-order valence-electron chi connectivity index (χ0n) is 16.4. The average Bonchev–Trinajstić information content (AvgIpc) is 2.60. The second kappa shape index (κ2) is 11.0. The van der Waals surface area contributed by atoms with E-state index < -0.39 is 5.56 Å². The highest BCUT2D eigenvalue weighted by Crippen LogP contribution is 2.31. The molecule has 0 bridgehead atoms. The number of hydrogen-bond acceptors (Lipinski definition) is 4. The maximum atomic E-state index is 13.1. The molecule has 1 aromatic rings. The first-order chi connectivity index (χ1) is 12.0. The number of Topliss-reactive ketones (excluding diaryl/α,β-unsaturated/α-hetero) is 1. The van der Waals surface area contributed by atoms with Crippen LogP contribution in [0.3, 0.4) is 0 Å². The van der Waals surface area contributed by atoms with Crippen molar-refractivity contribution in [2.45, 2.75) is 72.1 Å². The Kier molecular flexibility index (Phi) is 9.32. The molecule has 5 nitrogen and oxygen atoms in total. The summed E-state index contributed by atoms with van der Waals surface area (Å²) >= 11 is 0. The number of carbonyl (C=O) groups is 1. The van der Waals surface area contributed by atoms with Crippen molar-refractivity contribution < 1.29 is 14.3 Å². The lowest BCUT2D eigenvalue weighted by atomic mass is 9.87. The number of ether oxygens (including phenoxy) is 2. The van der Waals surface area contributed by atoms with E-state index in [1.54, 1.807) is 6.92 Å². The number of methoxy groups -OCH3 is 2. The number of aromatic amines is 1. The van der Waals surface area contributed by atoms with Gasteiger partial charge in [-0.1, -0.05) is 52.4 Å². The number of H-pyrrole nitrogens is 1. The average molecular weight is 351 g/mol. The van der Waals surface area contributed by atoms with E-state index in [1.807, 2.05) is 0 Å². The van der Waals surface area contributed by atoms with Crippen LogP contribution >= 0.6 is 0 Å². The third-order valence-electron chi connectivity index (χ3n) is 4.71. The van der Waals surface area contributed by atoms with Gasteiger partial charge >= 0.3 is 0 Å². The van der Waals surface area contributed by atoms with Crippen LogP contribution in [0.1, 0.15) is 81.1 Å². The van der Waals surface area contributed by atoms with Crippen molar-refractivity contribution in [2.24, 2.45) is 5.92 Å². The van der Waals surface area contributed by atoms with Crippen molar-refractivity contribution in [3.05, 3.63) is 21.5 Å². The zero-order chi connectivity index (χ0) is 18.8. The van der Waals surface area contributed by atoms with E-state index in [0.29, 0.717) is 11.3 Å². The molecule has 142 valence electrons. The van der Waals surface area contributed by atoms with Gasteiger partial charge in [0.15, 0.2) is 11.5 Å².